The van der Waals surface area contributed by atoms with Crippen LogP contribution in [0.1, 0.15) is 35.6 Å². The third-order valence-corrected chi connectivity index (χ3v) is 7.03. The van der Waals surface area contributed by atoms with E-state index in [1.54, 1.807) is 31.2 Å². The highest BCUT2D eigenvalue weighted by Crippen LogP contribution is 2.39. The molecule has 9 nitrogen and oxygen atoms in total. The Morgan fingerprint density at radius 1 is 1.17 bits per heavy atom. The van der Waals surface area contributed by atoms with Gasteiger partial charge in [-0.15, -0.1) is 0 Å². The first-order chi connectivity index (χ1) is 19.6. The summed E-state index contributed by atoms with van der Waals surface area (Å²) in [6, 6.07) is 12.8. The van der Waals surface area contributed by atoms with Crippen LogP contribution in [0.2, 0.25) is 0 Å². The van der Waals surface area contributed by atoms with Crippen molar-refractivity contribution in [3.8, 4) is 6.07 Å². The number of benzene rings is 2. The number of carbonyl (C=O) groups excluding carboxylic acids is 3. The number of aryl methyl sites for hydroxylation is 1. The maximum atomic E-state index is 14.5. The van der Waals surface area contributed by atoms with E-state index >= 15 is 0 Å². The van der Waals surface area contributed by atoms with Crippen molar-refractivity contribution in [2.45, 2.75) is 43.8 Å². The monoisotopic (exact) mass is 563 g/mol. The van der Waals surface area contributed by atoms with E-state index in [4.69, 9.17) is 4.74 Å². The number of ether oxygens (including phenoxy) is 1. The van der Waals surface area contributed by atoms with Gasteiger partial charge in [0.25, 0.3) is 11.8 Å². The number of halogens is 3. The van der Waals surface area contributed by atoms with Crippen LogP contribution in [0.5, 0.6) is 0 Å². The predicted octanol–water partition coefficient (Wildman–Crippen LogP) is 4.41. The van der Waals surface area contributed by atoms with Gasteiger partial charge >= 0.3 is 6.09 Å². The highest BCUT2D eigenvalue weighted by Gasteiger charge is 2.49. The molecule has 1 N–H and O–H groups in total. The molecule has 0 bridgehead atoms. The highest BCUT2D eigenvalue weighted by atomic mass is 19.3. The van der Waals surface area contributed by atoms with Crippen molar-refractivity contribution in [3.05, 3.63) is 89.4 Å². The normalized spacial score (nSPS) is 18.6. The van der Waals surface area contributed by atoms with Crippen molar-refractivity contribution in [3.63, 3.8) is 0 Å². The van der Waals surface area contributed by atoms with Crippen LogP contribution in [0.15, 0.2) is 66.9 Å². The molecule has 5 rings (SSSR count). The molecule has 1 saturated heterocycles. The Morgan fingerprint density at radius 2 is 1.93 bits per heavy atom. The molecule has 12 heteroatoms. The molecule has 1 saturated carbocycles. The van der Waals surface area contributed by atoms with Crippen molar-refractivity contribution >= 4 is 29.4 Å². The molecular weight excluding hydrogens is 539 g/mol. The van der Waals surface area contributed by atoms with Gasteiger partial charge in [0.1, 0.15) is 24.3 Å². The lowest BCUT2D eigenvalue weighted by atomic mass is 9.87. The number of carbonyl (C=O) groups is 3. The quantitative estimate of drug-likeness (QED) is 0.455. The number of nitrogens with zero attached hydrogens (tertiary/aromatic N) is 4. The number of amides is 3. The van der Waals surface area contributed by atoms with E-state index in [0.29, 0.717) is 11.1 Å². The standard InChI is InChI=1S/C29H24F3N5O4/c1-17-5-2-3-8-22(17)25(26(38)35-20-13-29(31,32)14-20)36(21-7-4-6-19(30)12-21)27(39)23-16-41-28(40)37(23)24-11-18(15-33)9-10-34-24/h2-12,20,23,25H,13-14,16H2,1H3,(H,35,38)/t23-,25-/m0/s1. The summed E-state index contributed by atoms with van der Waals surface area (Å²) in [5, 5.41) is 11.9. The van der Waals surface area contributed by atoms with Crippen LogP contribution in [0.25, 0.3) is 0 Å². The lowest BCUT2D eigenvalue weighted by Gasteiger charge is -2.39. The van der Waals surface area contributed by atoms with Crippen molar-refractivity contribution in [2.24, 2.45) is 0 Å². The van der Waals surface area contributed by atoms with Gasteiger partial charge in [0.2, 0.25) is 5.91 Å². The van der Waals surface area contributed by atoms with E-state index in [2.05, 4.69) is 10.3 Å². The minimum Gasteiger partial charge on any atom is -0.446 e. The molecule has 2 heterocycles. The van der Waals surface area contributed by atoms with Crippen molar-refractivity contribution < 1.29 is 32.3 Å². The zero-order valence-electron chi connectivity index (χ0n) is 21.8. The molecule has 41 heavy (non-hydrogen) atoms. The fourth-order valence-corrected chi connectivity index (χ4v) is 5.00. The molecule has 2 atom stereocenters. The molecule has 0 radical (unpaired) electrons. The average molecular weight is 564 g/mol. The van der Waals surface area contributed by atoms with Crippen LogP contribution >= 0.6 is 0 Å². The number of nitrogens with one attached hydrogen (secondary N) is 1. The first-order valence-corrected chi connectivity index (χ1v) is 12.7. The first-order valence-electron chi connectivity index (χ1n) is 12.7. The molecule has 2 aliphatic rings. The van der Waals surface area contributed by atoms with Gasteiger partial charge in [0, 0.05) is 30.8 Å². The van der Waals surface area contributed by atoms with Crippen LogP contribution in [-0.2, 0) is 14.3 Å². The summed E-state index contributed by atoms with van der Waals surface area (Å²) >= 11 is 0. The van der Waals surface area contributed by atoms with Crippen molar-refractivity contribution in [1.29, 1.82) is 5.26 Å². The summed E-state index contributed by atoms with van der Waals surface area (Å²) in [5.41, 5.74) is 1.16. The van der Waals surface area contributed by atoms with E-state index in [1.165, 1.54) is 30.5 Å². The Balaban J connectivity index is 1.61. The second-order valence-electron chi connectivity index (χ2n) is 9.89. The maximum Gasteiger partial charge on any atom is 0.416 e. The van der Waals surface area contributed by atoms with Crippen LogP contribution in [0.4, 0.5) is 29.5 Å². The molecule has 3 aromatic rings. The third-order valence-electron chi connectivity index (χ3n) is 7.03. The summed E-state index contributed by atoms with van der Waals surface area (Å²) in [4.78, 5) is 47.1. The maximum absolute atomic E-state index is 14.5. The Hall–Kier alpha value is -4.92. The van der Waals surface area contributed by atoms with Gasteiger partial charge in [0.05, 0.1) is 11.6 Å². The van der Waals surface area contributed by atoms with Gasteiger partial charge in [-0.2, -0.15) is 5.26 Å². The molecule has 0 unspecified atom stereocenters. The van der Waals surface area contributed by atoms with E-state index < -0.39 is 67.2 Å². The Morgan fingerprint density at radius 3 is 2.61 bits per heavy atom. The Bertz CT molecular complexity index is 1550. The SMILES string of the molecule is Cc1ccccc1[C@@H](C(=O)NC1CC(F)(F)C1)N(C(=O)[C@@H]1COC(=O)N1c1cc(C#N)ccn1)c1cccc(F)c1. The molecule has 1 aliphatic carbocycles. The number of hydrogen-bond acceptors (Lipinski definition) is 6. The molecule has 1 aromatic heterocycles. The fourth-order valence-electron chi connectivity index (χ4n) is 5.00. The molecule has 0 spiro atoms. The summed E-state index contributed by atoms with van der Waals surface area (Å²) < 4.78 is 46.9. The third kappa shape index (κ3) is 5.56. The van der Waals surface area contributed by atoms with E-state index in [0.717, 1.165) is 21.9 Å². The molecule has 1 aliphatic heterocycles. The lowest BCUT2D eigenvalue weighted by molar-refractivity contribution is -0.133. The topological polar surface area (TPSA) is 116 Å². The molecule has 3 amide bonds. The van der Waals surface area contributed by atoms with E-state index in [1.807, 2.05) is 6.07 Å². The van der Waals surface area contributed by atoms with Gasteiger partial charge in [-0.3, -0.25) is 14.5 Å². The second-order valence-corrected chi connectivity index (χ2v) is 9.89. The van der Waals surface area contributed by atoms with Gasteiger partial charge in [-0.1, -0.05) is 30.3 Å². The summed E-state index contributed by atoms with van der Waals surface area (Å²) in [5.74, 6) is -5.19. The van der Waals surface area contributed by atoms with E-state index in [9.17, 15) is 32.8 Å². The number of alkyl halides is 2. The smallest absolute Gasteiger partial charge is 0.416 e. The second kappa shape index (κ2) is 10.9. The van der Waals surface area contributed by atoms with E-state index in [-0.39, 0.29) is 17.1 Å². The molecule has 2 aromatic carbocycles. The van der Waals surface area contributed by atoms with Crippen molar-refractivity contribution in [2.75, 3.05) is 16.4 Å². The molecule has 2 fully saturated rings. The predicted molar refractivity (Wildman–Crippen MR) is 140 cm³/mol. The van der Waals surface area contributed by atoms with Gasteiger partial charge < -0.3 is 10.1 Å². The number of anilines is 2. The summed E-state index contributed by atoms with van der Waals surface area (Å²) in [7, 11) is 0. The number of cyclic esters (lactones) is 1. The van der Waals surface area contributed by atoms with Crippen LogP contribution in [0.3, 0.4) is 0 Å². The van der Waals surface area contributed by atoms with Crippen LogP contribution in [0, 0.1) is 24.1 Å². The Kier molecular flexibility index (Phi) is 7.36. The fraction of sp³-hybridized carbons (Fsp3) is 0.276. The average Bonchev–Trinajstić information content (AvgIpc) is 3.32. The minimum absolute atomic E-state index is 0.00428. The van der Waals surface area contributed by atoms with Gasteiger partial charge in [-0.25, -0.2) is 27.8 Å². The highest BCUT2D eigenvalue weighted by molar-refractivity contribution is 6.09. The number of hydrogen-bond donors (Lipinski definition) is 1. The zero-order valence-corrected chi connectivity index (χ0v) is 21.8. The number of nitriles is 1. The molecular formula is C29H24F3N5O4. The summed E-state index contributed by atoms with van der Waals surface area (Å²) in [6.07, 6.45) is -0.707. The first kappa shape index (κ1) is 27.6. The van der Waals surface area contributed by atoms with Gasteiger partial charge in [0.15, 0.2) is 6.04 Å². The van der Waals surface area contributed by atoms with Gasteiger partial charge in [-0.05, 0) is 48.4 Å². The van der Waals surface area contributed by atoms with Crippen LogP contribution in [-0.4, -0.2) is 47.5 Å². The lowest BCUT2D eigenvalue weighted by Crippen LogP contribution is -2.56. The zero-order chi connectivity index (χ0) is 29.3. The number of pyridine rings is 1. The van der Waals surface area contributed by atoms with Crippen molar-refractivity contribution in [1.82, 2.24) is 10.3 Å². The van der Waals surface area contributed by atoms with Crippen LogP contribution < -0.4 is 15.1 Å². The summed E-state index contributed by atoms with van der Waals surface area (Å²) in [6.45, 7) is 1.30. The number of aromatic nitrogens is 1. The Labute approximate surface area is 233 Å². The minimum atomic E-state index is -2.90. The largest absolute Gasteiger partial charge is 0.446 e. The number of rotatable bonds is 7. The molecule has 210 valence electrons.